The van der Waals surface area contributed by atoms with Crippen molar-refractivity contribution in [3.63, 3.8) is 0 Å². The zero-order chi connectivity index (χ0) is 25.7. The molecule has 9 nitrogen and oxygen atoms in total. The van der Waals surface area contributed by atoms with Gasteiger partial charge in [0.05, 0.1) is 28.0 Å². The van der Waals surface area contributed by atoms with Crippen molar-refractivity contribution in [3.05, 3.63) is 100 Å². The van der Waals surface area contributed by atoms with Gasteiger partial charge in [0, 0.05) is 17.2 Å². The molecule has 2 aromatic heterocycles. The van der Waals surface area contributed by atoms with Gasteiger partial charge in [0.15, 0.2) is 10.9 Å². The molecular formula is C23H14F3N5O4S. The highest BCUT2D eigenvalue weighted by Crippen LogP contribution is 2.37. The third kappa shape index (κ3) is 5.93. The second-order valence-electron chi connectivity index (χ2n) is 7.05. The highest BCUT2D eigenvalue weighted by Gasteiger charge is 2.34. The predicted molar refractivity (Wildman–Crippen MR) is 123 cm³/mol. The van der Waals surface area contributed by atoms with Crippen LogP contribution in [0, 0.1) is 10.1 Å². The molecule has 4 aromatic rings. The summed E-state index contributed by atoms with van der Waals surface area (Å²) >= 11 is 0.627. The van der Waals surface area contributed by atoms with E-state index >= 15 is 0 Å². The Hall–Kier alpha value is -4.52. The Morgan fingerprint density at radius 3 is 2.53 bits per heavy atom. The number of nitro groups is 1. The Balaban J connectivity index is 1.62. The third-order valence-electron chi connectivity index (χ3n) is 4.57. The van der Waals surface area contributed by atoms with Crippen molar-refractivity contribution in [1.29, 1.82) is 0 Å². The number of hydrazone groups is 1. The number of hydrogen-bond acceptors (Lipinski definition) is 8. The average Bonchev–Trinajstić information content (AvgIpc) is 3.40. The van der Waals surface area contributed by atoms with E-state index in [9.17, 15) is 28.1 Å². The van der Waals surface area contributed by atoms with Crippen molar-refractivity contribution >= 4 is 29.6 Å². The maximum Gasteiger partial charge on any atom is 0.433 e. The fraction of sp³-hybridized carbons (Fsp3) is 0.0435. The van der Waals surface area contributed by atoms with Gasteiger partial charge in [-0.1, -0.05) is 36.4 Å². The number of nitro benzene ring substituents is 1. The smallest absolute Gasteiger partial charge is 0.433 e. The number of nitrogens with zero attached hydrogens (tertiary/aromatic N) is 4. The number of alkyl halides is 3. The van der Waals surface area contributed by atoms with Gasteiger partial charge < -0.3 is 4.42 Å². The molecule has 1 amide bonds. The molecule has 0 aliphatic heterocycles. The summed E-state index contributed by atoms with van der Waals surface area (Å²) in [6, 6.07) is 15.9. The molecule has 0 atom stereocenters. The van der Waals surface area contributed by atoms with Crippen molar-refractivity contribution in [3.8, 4) is 11.3 Å². The van der Waals surface area contributed by atoms with E-state index in [-0.39, 0.29) is 27.1 Å². The first-order valence-electron chi connectivity index (χ1n) is 10.1. The Kier molecular flexibility index (Phi) is 7.10. The highest BCUT2D eigenvalue weighted by molar-refractivity contribution is 7.99. The summed E-state index contributed by atoms with van der Waals surface area (Å²) in [4.78, 5) is 30.6. The van der Waals surface area contributed by atoms with Gasteiger partial charge in [0.2, 0.25) is 0 Å². The number of benzene rings is 2. The lowest BCUT2D eigenvalue weighted by molar-refractivity contribution is -0.387. The Labute approximate surface area is 205 Å². The summed E-state index contributed by atoms with van der Waals surface area (Å²) < 4.78 is 45.3. The van der Waals surface area contributed by atoms with E-state index in [1.807, 2.05) is 0 Å². The number of aromatic nitrogens is 2. The lowest BCUT2D eigenvalue weighted by atomic mass is 10.1. The lowest BCUT2D eigenvalue weighted by Crippen LogP contribution is -2.16. The van der Waals surface area contributed by atoms with Crippen LogP contribution in [0.5, 0.6) is 0 Å². The number of carbonyl (C=O) groups is 1. The van der Waals surface area contributed by atoms with Crippen molar-refractivity contribution in [2.75, 3.05) is 0 Å². The second kappa shape index (κ2) is 10.4. The lowest BCUT2D eigenvalue weighted by Gasteiger charge is -2.11. The van der Waals surface area contributed by atoms with Crippen LogP contribution in [0.4, 0.5) is 18.9 Å². The minimum atomic E-state index is -4.74. The number of carbonyl (C=O) groups excluding carboxylic acids is 1. The standard InChI is InChI=1S/C23H14F3N5O4S/c24-23(25,26)20-12-16(15-5-2-1-3-6-15)28-22(29-20)36-19-9-8-14(11-17(19)31(33)34)13-27-30-21(32)18-7-4-10-35-18/h1-13H,(H,30,32). The highest BCUT2D eigenvalue weighted by atomic mass is 32.2. The molecule has 4 rings (SSSR count). The molecule has 0 bridgehead atoms. The minimum absolute atomic E-state index is 0.0232. The van der Waals surface area contributed by atoms with E-state index in [4.69, 9.17) is 4.42 Å². The number of furan rings is 1. The molecule has 0 saturated heterocycles. The zero-order valence-corrected chi connectivity index (χ0v) is 18.8. The van der Waals surface area contributed by atoms with Crippen molar-refractivity contribution in [2.45, 2.75) is 16.2 Å². The zero-order valence-electron chi connectivity index (χ0n) is 18.0. The Morgan fingerprint density at radius 1 is 1.08 bits per heavy atom. The number of nitrogens with one attached hydrogen (secondary N) is 1. The van der Waals surface area contributed by atoms with Crippen LogP contribution in [-0.4, -0.2) is 27.0 Å². The van der Waals surface area contributed by atoms with Crippen LogP contribution < -0.4 is 5.43 Å². The van der Waals surface area contributed by atoms with E-state index in [1.54, 1.807) is 30.3 Å². The van der Waals surface area contributed by atoms with Gasteiger partial charge >= 0.3 is 12.1 Å². The van der Waals surface area contributed by atoms with E-state index in [0.29, 0.717) is 17.3 Å². The molecule has 0 aliphatic rings. The SMILES string of the molecule is O=C(NN=Cc1ccc(Sc2nc(-c3ccccc3)cc(C(F)(F)F)n2)c([N+](=O)[O-])c1)c1ccco1. The molecule has 0 aliphatic carbocycles. The first-order valence-corrected chi connectivity index (χ1v) is 10.9. The van der Waals surface area contributed by atoms with Crippen LogP contribution in [-0.2, 0) is 6.18 Å². The summed E-state index contributed by atoms with van der Waals surface area (Å²) in [5, 5.41) is 15.1. The number of rotatable bonds is 7. The molecule has 13 heteroatoms. The number of amides is 1. The molecule has 36 heavy (non-hydrogen) atoms. The van der Waals surface area contributed by atoms with Gasteiger partial charge in [0.25, 0.3) is 5.69 Å². The van der Waals surface area contributed by atoms with Crippen LogP contribution in [0.2, 0.25) is 0 Å². The fourth-order valence-corrected chi connectivity index (χ4v) is 3.80. The third-order valence-corrected chi connectivity index (χ3v) is 5.50. The van der Waals surface area contributed by atoms with Crippen LogP contribution in [0.1, 0.15) is 21.8 Å². The topological polar surface area (TPSA) is 124 Å². The van der Waals surface area contributed by atoms with Gasteiger partial charge in [0.1, 0.15) is 5.69 Å². The van der Waals surface area contributed by atoms with E-state index < -0.39 is 28.4 Å². The predicted octanol–water partition coefficient (Wildman–Crippen LogP) is 5.58. The first kappa shape index (κ1) is 24.6. The van der Waals surface area contributed by atoms with Crippen molar-refractivity contribution in [1.82, 2.24) is 15.4 Å². The minimum Gasteiger partial charge on any atom is -0.459 e. The molecule has 0 unspecified atom stereocenters. The Morgan fingerprint density at radius 2 is 1.86 bits per heavy atom. The van der Waals surface area contributed by atoms with Crippen molar-refractivity contribution in [2.24, 2.45) is 5.10 Å². The van der Waals surface area contributed by atoms with Crippen LogP contribution >= 0.6 is 11.8 Å². The molecular weight excluding hydrogens is 499 g/mol. The maximum absolute atomic E-state index is 13.5. The summed E-state index contributed by atoms with van der Waals surface area (Å²) in [6.07, 6.45) is -2.25. The molecule has 2 aromatic carbocycles. The molecule has 0 spiro atoms. The van der Waals surface area contributed by atoms with E-state index in [1.165, 1.54) is 36.7 Å². The van der Waals surface area contributed by atoms with Crippen LogP contribution in [0.15, 0.2) is 92.6 Å². The number of hydrogen-bond donors (Lipinski definition) is 1. The second-order valence-corrected chi connectivity index (χ2v) is 8.06. The van der Waals surface area contributed by atoms with E-state index in [2.05, 4.69) is 20.5 Å². The Bertz CT molecular complexity index is 1430. The summed E-state index contributed by atoms with van der Waals surface area (Å²) in [5.41, 5.74) is 1.37. The molecule has 182 valence electrons. The largest absolute Gasteiger partial charge is 0.459 e. The molecule has 0 radical (unpaired) electrons. The quantitative estimate of drug-likeness (QED) is 0.148. The average molecular weight is 513 g/mol. The van der Waals surface area contributed by atoms with Crippen molar-refractivity contribution < 1.29 is 27.3 Å². The summed E-state index contributed by atoms with van der Waals surface area (Å²) in [6.45, 7) is 0. The fourth-order valence-electron chi connectivity index (χ4n) is 2.94. The number of halogens is 3. The maximum atomic E-state index is 13.5. The van der Waals surface area contributed by atoms with Gasteiger partial charge in [-0.25, -0.2) is 15.4 Å². The summed E-state index contributed by atoms with van der Waals surface area (Å²) in [5.74, 6) is -0.588. The summed E-state index contributed by atoms with van der Waals surface area (Å²) in [7, 11) is 0. The van der Waals surface area contributed by atoms with Gasteiger partial charge in [-0.15, -0.1) is 0 Å². The van der Waals surface area contributed by atoms with Gasteiger partial charge in [-0.05, 0) is 36.0 Å². The van der Waals surface area contributed by atoms with Gasteiger partial charge in [-0.2, -0.15) is 18.3 Å². The van der Waals surface area contributed by atoms with Crippen LogP contribution in [0.3, 0.4) is 0 Å². The molecule has 0 saturated carbocycles. The normalized spacial score (nSPS) is 11.5. The van der Waals surface area contributed by atoms with Gasteiger partial charge in [-0.3, -0.25) is 14.9 Å². The van der Waals surface area contributed by atoms with Crippen LogP contribution in [0.25, 0.3) is 11.3 Å². The molecule has 0 fully saturated rings. The molecule has 1 N–H and O–H groups in total. The first-order chi connectivity index (χ1) is 17.2. The molecule has 2 heterocycles. The monoisotopic (exact) mass is 513 g/mol. The van der Waals surface area contributed by atoms with E-state index in [0.717, 1.165) is 12.1 Å².